The Labute approximate surface area is 187 Å². The number of amides is 1. The maximum absolute atomic E-state index is 13.0. The van der Waals surface area contributed by atoms with Crippen LogP contribution >= 0.6 is 0 Å². The van der Waals surface area contributed by atoms with Crippen molar-refractivity contribution in [2.24, 2.45) is 0 Å². The van der Waals surface area contributed by atoms with E-state index < -0.39 is 0 Å². The highest BCUT2D eigenvalue weighted by Gasteiger charge is 2.23. The van der Waals surface area contributed by atoms with Gasteiger partial charge in [-0.25, -0.2) is 9.48 Å². The Balaban J connectivity index is 1.27. The molecule has 8 nitrogen and oxygen atoms in total. The molecule has 0 saturated heterocycles. The standard InChI is InChI=1S/C24H32N6O2/c1-28(2)13-14-30-24(32)29-12-11-17(8-10-22(29)27-30)25-23(31)16-7-9-21-19(15-16)18-5-3-4-6-20(18)26-21/h7,9,15,17,26H,3-6,8,10-14H2,1-2H3,(H,25,31). The van der Waals surface area contributed by atoms with Crippen LogP contribution < -0.4 is 11.0 Å². The van der Waals surface area contributed by atoms with Crippen molar-refractivity contribution in [3.05, 3.63) is 51.3 Å². The smallest absolute Gasteiger partial charge is 0.345 e. The highest BCUT2D eigenvalue weighted by molar-refractivity contribution is 5.99. The number of nitrogens with one attached hydrogen (secondary N) is 2. The number of aromatic nitrogens is 4. The van der Waals surface area contributed by atoms with E-state index >= 15 is 0 Å². The summed E-state index contributed by atoms with van der Waals surface area (Å²) < 4.78 is 3.35. The molecule has 0 bridgehead atoms. The van der Waals surface area contributed by atoms with Gasteiger partial charge in [0.15, 0.2) is 0 Å². The van der Waals surface area contributed by atoms with E-state index in [-0.39, 0.29) is 17.6 Å². The highest BCUT2D eigenvalue weighted by atomic mass is 16.2. The lowest BCUT2D eigenvalue weighted by Crippen LogP contribution is -2.36. The van der Waals surface area contributed by atoms with Crippen molar-refractivity contribution >= 4 is 16.8 Å². The van der Waals surface area contributed by atoms with Gasteiger partial charge >= 0.3 is 5.69 Å². The number of aryl methyl sites for hydroxylation is 3. The summed E-state index contributed by atoms with van der Waals surface area (Å²) in [6.07, 6.45) is 6.84. The van der Waals surface area contributed by atoms with Crippen molar-refractivity contribution in [1.82, 2.24) is 29.5 Å². The van der Waals surface area contributed by atoms with Gasteiger partial charge in [0.05, 0.1) is 6.54 Å². The molecule has 1 unspecified atom stereocenters. The lowest BCUT2D eigenvalue weighted by molar-refractivity contribution is 0.0933. The van der Waals surface area contributed by atoms with E-state index in [0.29, 0.717) is 25.1 Å². The summed E-state index contributed by atoms with van der Waals surface area (Å²) in [7, 11) is 3.98. The molecule has 3 heterocycles. The first kappa shape index (κ1) is 21.0. The van der Waals surface area contributed by atoms with Crippen LogP contribution in [0, 0.1) is 0 Å². The van der Waals surface area contributed by atoms with Gasteiger partial charge in [-0.3, -0.25) is 9.36 Å². The predicted molar refractivity (Wildman–Crippen MR) is 124 cm³/mol. The number of hydrogen-bond acceptors (Lipinski definition) is 4. The van der Waals surface area contributed by atoms with Crippen LogP contribution in [0.15, 0.2) is 23.0 Å². The van der Waals surface area contributed by atoms with Crippen LogP contribution in [0.2, 0.25) is 0 Å². The Morgan fingerprint density at radius 2 is 2.06 bits per heavy atom. The minimum Gasteiger partial charge on any atom is -0.358 e. The zero-order valence-electron chi connectivity index (χ0n) is 19.0. The molecule has 0 spiro atoms. The van der Waals surface area contributed by atoms with Gasteiger partial charge in [0, 0.05) is 47.7 Å². The molecule has 3 aromatic rings. The third kappa shape index (κ3) is 3.99. The molecular formula is C24H32N6O2. The van der Waals surface area contributed by atoms with Gasteiger partial charge < -0.3 is 15.2 Å². The Morgan fingerprint density at radius 3 is 2.91 bits per heavy atom. The minimum atomic E-state index is -0.0449. The number of likely N-dealkylation sites (N-methyl/N-ethyl adjacent to an activating group) is 1. The number of carbonyl (C=O) groups is 1. The molecule has 0 radical (unpaired) electrons. The minimum absolute atomic E-state index is 0.0365. The number of carbonyl (C=O) groups excluding carboxylic acids is 1. The zero-order valence-corrected chi connectivity index (χ0v) is 19.0. The third-order valence-electron chi connectivity index (χ3n) is 6.87. The van der Waals surface area contributed by atoms with E-state index in [1.54, 1.807) is 9.25 Å². The molecule has 5 rings (SSSR count). The van der Waals surface area contributed by atoms with Crippen LogP contribution in [0.4, 0.5) is 0 Å². The molecule has 0 fully saturated rings. The maximum Gasteiger partial charge on any atom is 0.345 e. The van der Waals surface area contributed by atoms with E-state index in [2.05, 4.69) is 15.4 Å². The zero-order chi connectivity index (χ0) is 22.2. The lowest BCUT2D eigenvalue weighted by atomic mass is 9.95. The van der Waals surface area contributed by atoms with Crippen LogP contribution in [0.25, 0.3) is 10.9 Å². The second-order valence-electron chi connectivity index (χ2n) is 9.42. The van der Waals surface area contributed by atoms with Crippen molar-refractivity contribution in [3.63, 3.8) is 0 Å². The molecule has 1 aliphatic heterocycles. The molecular weight excluding hydrogens is 404 g/mol. The number of benzene rings is 1. The summed E-state index contributed by atoms with van der Waals surface area (Å²) in [6, 6.07) is 6.01. The van der Waals surface area contributed by atoms with Gasteiger partial charge in [-0.1, -0.05) is 0 Å². The van der Waals surface area contributed by atoms with Crippen molar-refractivity contribution in [3.8, 4) is 0 Å². The molecule has 1 atom stereocenters. The lowest BCUT2D eigenvalue weighted by Gasteiger charge is -2.16. The molecule has 1 aliphatic carbocycles. The molecule has 170 valence electrons. The van der Waals surface area contributed by atoms with Crippen LogP contribution in [0.5, 0.6) is 0 Å². The number of fused-ring (bicyclic) bond motifs is 4. The van der Waals surface area contributed by atoms with Crippen molar-refractivity contribution in [2.45, 2.75) is 64.1 Å². The topological polar surface area (TPSA) is 87.9 Å². The molecule has 0 saturated carbocycles. The fourth-order valence-corrected chi connectivity index (χ4v) is 5.03. The number of nitrogens with zero attached hydrogens (tertiary/aromatic N) is 4. The number of rotatable bonds is 5. The summed E-state index contributed by atoms with van der Waals surface area (Å²) in [5.41, 5.74) is 4.50. The van der Waals surface area contributed by atoms with E-state index in [4.69, 9.17) is 0 Å². The van der Waals surface area contributed by atoms with Gasteiger partial charge in [0.25, 0.3) is 5.91 Å². The fraction of sp³-hybridized carbons (Fsp3) is 0.542. The Bertz CT molecular complexity index is 1200. The summed E-state index contributed by atoms with van der Waals surface area (Å²) in [6.45, 7) is 1.96. The molecule has 2 aliphatic rings. The molecule has 2 aromatic heterocycles. The summed E-state index contributed by atoms with van der Waals surface area (Å²) in [4.78, 5) is 31.3. The third-order valence-corrected chi connectivity index (χ3v) is 6.87. The van der Waals surface area contributed by atoms with E-state index in [1.807, 2.05) is 37.2 Å². The second kappa shape index (κ2) is 8.58. The van der Waals surface area contributed by atoms with Crippen LogP contribution in [0.3, 0.4) is 0 Å². The van der Waals surface area contributed by atoms with Crippen LogP contribution in [-0.2, 0) is 32.4 Å². The van der Waals surface area contributed by atoms with Crippen LogP contribution in [0.1, 0.15) is 53.1 Å². The van der Waals surface area contributed by atoms with Crippen molar-refractivity contribution < 1.29 is 4.79 Å². The quantitative estimate of drug-likeness (QED) is 0.641. The SMILES string of the molecule is CN(C)CCn1nc2n(c1=O)CCC(NC(=O)c1ccc3[nH]c4c(c3c1)CCCC4)CC2. The monoisotopic (exact) mass is 436 g/mol. The van der Waals surface area contributed by atoms with Crippen molar-refractivity contribution in [2.75, 3.05) is 20.6 Å². The molecule has 8 heteroatoms. The summed E-state index contributed by atoms with van der Waals surface area (Å²) >= 11 is 0. The van der Waals surface area contributed by atoms with E-state index in [9.17, 15) is 9.59 Å². The second-order valence-corrected chi connectivity index (χ2v) is 9.42. The first-order chi connectivity index (χ1) is 15.5. The summed E-state index contributed by atoms with van der Waals surface area (Å²) in [5.74, 6) is 0.788. The Hall–Kier alpha value is -2.87. The summed E-state index contributed by atoms with van der Waals surface area (Å²) in [5, 5.41) is 8.94. The average Bonchev–Trinajstić information content (AvgIpc) is 3.22. The predicted octanol–water partition coefficient (Wildman–Crippen LogP) is 2.10. The van der Waals surface area contributed by atoms with E-state index in [1.165, 1.54) is 29.5 Å². The maximum atomic E-state index is 13.0. The number of hydrogen-bond donors (Lipinski definition) is 2. The first-order valence-electron chi connectivity index (χ1n) is 11.7. The fourth-order valence-electron chi connectivity index (χ4n) is 5.03. The molecule has 2 N–H and O–H groups in total. The average molecular weight is 437 g/mol. The van der Waals surface area contributed by atoms with Gasteiger partial charge in [-0.2, -0.15) is 5.10 Å². The van der Waals surface area contributed by atoms with E-state index in [0.717, 1.165) is 43.6 Å². The Morgan fingerprint density at radius 1 is 1.22 bits per heavy atom. The molecule has 1 amide bonds. The van der Waals surface area contributed by atoms with Crippen molar-refractivity contribution in [1.29, 1.82) is 0 Å². The molecule has 1 aromatic carbocycles. The number of H-pyrrole nitrogens is 1. The van der Waals surface area contributed by atoms with Gasteiger partial charge in [0.2, 0.25) is 0 Å². The number of aromatic amines is 1. The normalized spacial score (nSPS) is 18.4. The Kier molecular flexibility index (Phi) is 5.63. The first-order valence-corrected chi connectivity index (χ1v) is 11.7. The van der Waals surface area contributed by atoms with Crippen LogP contribution in [-0.4, -0.2) is 56.8 Å². The van der Waals surface area contributed by atoms with Gasteiger partial charge in [0.1, 0.15) is 5.82 Å². The van der Waals surface area contributed by atoms with Gasteiger partial charge in [-0.05, 0) is 76.4 Å². The largest absolute Gasteiger partial charge is 0.358 e. The molecule has 32 heavy (non-hydrogen) atoms. The highest BCUT2D eigenvalue weighted by Crippen LogP contribution is 2.29. The van der Waals surface area contributed by atoms with Gasteiger partial charge in [-0.15, -0.1) is 0 Å².